The maximum absolute atomic E-state index is 12.4. The number of imide groups is 1. The number of benzene rings is 2. The molecule has 176 valence electrons. The minimum absolute atomic E-state index is 0. The Hall–Kier alpha value is -2.82. The van der Waals surface area contributed by atoms with Crippen LogP contribution in [0.5, 0.6) is 11.5 Å². The standard InChI is InChI=1S/C24H28N4O4.HI/c1-2-25-24(27-13-11-17-9-10-20-21(15-17)32-16-31-20)26-12-5-6-14-28-22(29)18-7-3-4-8-19(18)23(28)30;/h3-4,7-10,15H,2,5-6,11-14,16H2,1H3,(H2,25,26,27);1H. The minimum atomic E-state index is -0.201. The van der Waals surface area contributed by atoms with E-state index in [-0.39, 0.29) is 42.6 Å². The van der Waals surface area contributed by atoms with Gasteiger partial charge >= 0.3 is 0 Å². The van der Waals surface area contributed by atoms with Crippen molar-refractivity contribution < 1.29 is 19.1 Å². The number of nitrogens with one attached hydrogen (secondary N) is 2. The fourth-order valence-electron chi connectivity index (χ4n) is 3.78. The second-order valence-corrected chi connectivity index (χ2v) is 7.64. The van der Waals surface area contributed by atoms with Crippen LogP contribution in [0, 0.1) is 0 Å². The van der Waals surface area contributed by atoms with Crippen LogP contribution in [0.1, 0.15) is 46.0 Å². The molecule has 8 nitrogen and oxygen atoms in total. The molecule has 0 bridgehead atoms. The number of fused-ring (bicyclic) bond motifs is 2. The third-order valence-electron chi connectivity index (χ3n) is 5.43. The molecule has 2 aliphatic heterocycles. The van der Waals surface area contributed by atoms with Gasteiger partial charge in [0.15, 0.2) is 17.5 Å². The third-order valence-corrected chi connectivity index (χ3v) is 5.43. The lowest BCUT2D eigenvalue weighted by Crippen LogP contribution is -2.38. The number of halogens is 1. The molecule has 0 aromatic heterocycles. The summed E-state index contributed by atoms with van der Waals surface area (Å²) < 4.78 is 10.8. The summed E-state index contributed by atoms with van der Waals surface area (Å²) in [5.74, 6) is 1.94. The van der Waals surface area contributed by atoms with Crippen molar-refractivity contribution in [3.8, 4) is 11.5 Å². The molecule has 2 N–H and O–H groups in total. The van der Waals surface area contributed by atoms with E-state index in [0.717, 1.165) is 43.4 Å². The summed E-state index contributed by atoms with van der Waals surface area (Å²) >= 11 is 0. The molecule has 0 atom stereocenters. The van der Waals surface area contributed by atoms with Gasteiger partial charge in [-0.2, -0.15) is 0 Å². The Balaban J connectivity index is 0.00000306. The molecule has 2 amide bonds. The van der Waals surface area contributed by atoms with Crippen molar-refractivity contribution in [1.29, 1.82) is 0 Å². The molecule has 0 spiro atoms. The van der Waals surface area contributed by atoms with Crippen molar-refractivity contribution in [3.05, 3.63) is 59.2 Å². The molecular formula is C24H29IN4O4. The number of unbranched alkanes of at least 4 members (excludes halogenated alkanes) is 1. The van der Waals surface area contributed by atoms with E-state index in [1.54, 1.807) is 24.3 Å². The summed E-state index contributed by atoms with van der Waals surface area (Å²) in [5.41, 5.74) is 2.16. The highest BCUT2D eigenvalue weighted by atomic mass is 127. The summed E-state index contributed by atoms with van der Waals surface area (Å²) in [7, 11) is 0. The second kappa shape index (κ2) is 11.9. The number of hydrogen-bond acceptors (Lipinski definition) is 5. The Morgan fingerprint density at radius 3 is 2.45 bits per heavy atom. The minimum Gasteiger partial charge on any atom is -0.454 e. The summed E-state index contributed by atoms with van der Waals surface area (Å²) in [6.45, 7) is 4.84. The van der Waals surface area contributed by atoms with Crippen molar-refractivity contribution in [1.82, 2.24) is 15.5 Å². The Kier molecular flexibility index (Phi) is 8.93. The highest BCUT2D eigenvalue weighted by Gasteiger charge is 2.34. The summed E-state index contributed by atoms with van der Waals surface area (Å²) in [6, 6.07) is 13.0. The third kappa shape index (κ3) is 5.95. The second-order valence-electron chi connectivity index (χ2n) is 7.64. The van der Waals surface area contributed by atoms with Crippen LogP contribution < -0.4 is 20.1 Å². The molecule has 0 unspecified atom stereocenters. The van der Waals surface area contributed by atoms with E-state index >= 15 is 0 Å². The first-order valence-electron chi connectivity index (χ1n) is 11.0. The van der Waals surface area contributed by atoms with Crippen molar-refractivity contribution in [2.75, 3.05) is 33.0 Å². The monoisotopic (exact) mass is 564 g/mol. The van der Waals surface area contributed by atoms with Crippen LogP contribution in [0.4, 0.5) is 0 Å². The van der Waals surface area contributed by atoms with Gasteiger partial charge in [0.1, 0.15) is 0 Å². The fourth-order valence-corrected chi connectivity index (χ4v) is 3.78. The van der Waals surface area contributed by atoms with E-state index in [9.17, 15) is 9.59 Å². The molecular weight excluding hydrogens is 535 g/mol. The molecule has 0 saturated carbocycles. The van der Waals surface area contributed by atoms with Gasteiger partial charge in [-0.05, 0) is 56.0 Å². The number of rotatable bonds is 9. The maximum atomic E-state index is 12.4. The van der Waals surface area contributed by atoms with Crippen molar-refractivity contribution in [2.24, 2.45) is 4.99 Å². The number of ether oxygens (including phenoxy) is 2. The van der Waals surface area contributed by atoms with Crippen LogP contribution in [-0.4, -0.2) is 55.6 Å². The van der Waals surface area contributed by atoms with E-state index in [4.69, 9.17) is 9.47 Å². The highest BCUT2D eigenvalue weighted by molar-refractivity contribution is 14.0. The zero-order valence-electron chi connectivity index (χ0n) is 18.6. The van der Waals surface area contributed by atoms with Crippen LogP contribution in [0.3, 0.4) is 0 Å². The zero-order valence-corrected chi connectivity index (χ0v) is 21.0. The maximum Gasteiger partial charge on any atom is 0.261 e. The molecule has 2 aromatic rings. The number of carbonyl (C=O) groups excluding carboxylic acids is 2. The summed E-state index contributed by atoms with van der Waals surface area (Å²) in [6.07, 6.45) is 2.33. The molecule has 9 heteroatoms. The molecule has 2 heterocycles. The SMILES string of the molecule is CCNC(=NCCCCN1C(=O)c2ccccc2C1=O)NCCc1ccc2c(c1)OCO2.I. The number of hydrogen-bond donors (Lipinski definition) is 2. The number of amides is 2. The van der Waals surface area contributed by atoms with Crippen LogP contribution in [-0.2, 0) is 6.42 Å². The molecule has 33 heavy (non-hydrogen) atoms. The quantitative estimate of drug-likeness (QED) is 0.160. The molecule has 0 fully saturated rings. The lowest BCUT2D eigenvalue weighted by molar-refractivity contribution is 0.0652. The number of nitrogens with zero attached hydrogens (tertiary/aromatic N) is 2. The van der Waals surface area contributed by atoms with E-state index in [1.807, 2.05) is 25.1 Å². The Labute approximate surface area is 210 Å². The molecule has 2 aliphatic rings. The van der Waals surface area contributed by atoms with Gasteiger partial charge in [0, 0.05) is 26.2 Å². The predicted molar refractivity (Wildman–Crippen MR) is 137 cm³/mol. The van der Waals surface area contributed by atoms with Gasteiger partial charge in [0.2, 0.25) is 6.79 Å². The van der Waals surface area contributed by atoms with Crippen molar-refractivity contribution in [2.45, 2.75) is 26.2 Å². The largest absolute Gasteiger partial charge is 0.454 e. The molecule has 0 aliphatic carbocycles. The van der Waals surface area contributed by atoms with E-state index in [0.29, 0.717) is 30.6 Å². The molecule has 4 rings (SSSR count). The van der Waals surface area contributed by atoms with Gasteiger partial charge in [0.25, 0.3) is 11.8 Å². The van der Waals surface area contributed by atoms with Gasteiger partial charge in [0.05, 0.1) is 11.1 Å². The average molecular weight is 564 g/mol. The first kappa shape index (κ1) is 24.8. The Bertz CT molecular complexity index is 992. The van der Waals surface area contributed by atoms with Crippen molar-refractivity contribution >= 4 is 41.8 Å². The highest BCUT2D eigenvalue weighted by Crippen LogP contribution is 2.32. The van der Waals surface area contributed by atoms with Gasteiger partial charge in [-0.1, -0.05) is 18.2 Å². The average Bonchev–Trinajstić information content (AvgIpc) is 3.37. The smallest absolute Gasteiger partial charge is 0.261 e. The zero-order chi connectivity index (χ0) is 22.3. The first-order valence-corrected chi connectivity index (χ1v) is 11.0. The van der Waals surface area contributed by atoms with Gasteiger partial charge in [-0.15, -0.1) is 24.0 Å². The van der Waals surface area contributed by atoms with E-state index in [2.05, 4.69) is 15.6 Å². The van der Waals surface area contributed by atoms with Crippen molar-refractivity contribution in [3.63, 3.8) is 0 Å². The van der Waals surface area contributed by atoms with E-state index in [1.165, 1.54) is 10.5 Å². The Morgan fingerprint density at radius 2 is 1.73 bits per heavy atom. The summed E-state index contributed by atoms with van der Waals surface area (Å²) in [5, 5.41) is 6.59. The van der Waals surface area contributed by atoms with Crippen LogP contribution in [0.15, 0.2) is 47.5 Å². The molecule has 0 saturated heterocycles. The first-order chi connectivity index (χ1) is 15.7. The van der Waals surface area contributed by atoms with Crippen LogP contribution in [0.2, 0.25) is 0 Å². The summed E-state index contributed by atoms with van der Waals surface area (Å²) in [4.78, 5) is 30.8. The van der Waals surface area contributed by atoms with Crippen LogP contribution in [0.25, 0.3) is 0 Å². The normalized spacial score (nSPS) is 14.2. The number of guanidine groups is 1. The molecule has 2 aromatic carbocycles. The molecule has 0 radical (unpaired) electrons. The van der Waals surface area contributed by atoms with E-state index < -0.39 is 0 Å². The lowest BCUT2D eigenvalue weighted by atomic mass is 10.1. The fraction of sp³-hybridized carbons (Fsp3) is 0.375. The predicted octanol–water partition coefficient (Wildman–Crippen LogP) is 3.21. The van der Waals surface area contributed by atoms with Gasteiger partial charge in [-0.3, -0.25) is 19.5 Å². The topological polar surface area (TPSA) is 92.3 Å². The van der Waals surface area contributed by atoms with Gasteiger partial charge in [-0.25, -0.2) is 0 Å². The number of carbonyl (C=O) groups is 2. The number of aliphatic imine (C=N–C) groups is 1. The Morgan fingerprint density at radius 1 is 1.00 bits per heavy atom. The lowest BCUT2D eigenvalue weighted by Gasteiger charge is -2.14. The van der Waals surface area contributed by atoms with Crippen LogP contribution >= 0.6 is 24.0 Å². The van der Waals surface area contributed by atoms with Gasteiger partial charge < -0.3 is 20.1 Å².